The van der Waals surface area contributed by atoms with E-state index in [-0.39, 0.29) is 12.2 Å². The maximum Gasteiger partial charge on any atom is 0.336 e. The van der Waals surface area contributed by atoms with Gasteiger partial charge in [0.25, 0.3) is 0 Å². The summed E-state index contributed by atoms with van der Waals surface area (Å²) < 4.78 is 11.1. The summed E-state index contributed by atoms with van der Waals surface area (Å²) in [4.78, 5) is 11.7. The van der Waals surface area contributed by atoms with E-state index in [1.807, 2.05) is 12.1 Å². The number of fused-ring (bicyclic) bond motifs is 1. The standard InChI is InChI=1S/C19H16Cl2O3/c1-2-4-12-9-19(22)24-18-10-13(7-8-14(12)18)23-11-15-16(20)5-3-6-17(15)21/h3,5-10H,2,4,11H2,1H3. The molecule has 3 rings (SSSR count). The van der Waals surface area contributed by atoms with Gasteiger partial charge in [0.15, 0.2) is 0 Å². The first-order valence-corrected chi connectivity index (χ1v) is 8.46. The zero-order valence-corrected chi connectivity index (χ0v) is 14.7. The van der Waals surface area contributed by atoms with Gasteiger partial charge in [-0.1, -0.05) is 42.6 Å². The number of benzene rings is 2. The van der Waals surface area contributed by atoms with E-state index in [1.54, 1.807) is 30.3 Å². The number of rotatable bonds is 5. The first kappa shape index (κ1) is 16.9. The second-order valence-corrected chi connectivity index (χ2v) is 6.30. The Labute approximate surface area is 149 Å². The Morgan fingerprint density at radius 2 is 1.83 bits per heavy atom. The third kappa shape index (κ3) is 3.58. The maximum absolute atomic E-state index is 11.7. The van der Waals surface area contributed by atoms with Crippen molar-refractivity contribution < 1.29 is 9.15 Å². The fraction of sp³-hybridized carbons (Fsp3) is 0.211. The van der Waals surface area contributed by atoms with Crippen molar-refractivity contribution in [1.29, 1.82) is 0 Å². The van der Waals surface area contributed by atoms with Crippen LogP contribution < -0.4 is 10.4 Å². The molecule has 0 bridgehead atoms. The van der Waals surface area contributed by atoms with Gasteiger partial charge >= 0.3 is 5.63 Å². The van der Waals surface area contributed by atoms with Crippen molar-refractivity contribution in [2.45, 2.75) is 26.4 Å². The van der Waals surface area contributed by atoms with Crippen molar-refractivity contribution in [2.24, 2.45) is 0 Å². The minimum Gasteiger partial charge on any atom is -0.489 e. The number of hydrogen-bond acceptors (Lipinski definition) is 3. The van der Waals surface area contributed by atoms with Crippen molar-refractivity contribution >= 4 is 34.2 Å². The van der Waals surface area contributed by atoms with E-state index in [9.17, 15) is 4.79 Å². The maximum atomic E-state index is 11.7. The van der Waals surface area contributed by atoms with E-state index < -0.39 is 0 Å². The van der Waals surface area contributed by atoms with E-state index in [1.165, 1.54) is 0 Å². The molecule has 0 N–H and O–H groups in total. The molecule has 124 valence electrons. The molecule has 1 aromatic heterocycles. The molecular formula is C19H16Cl2O3. The molecule has 0 saturated carbocycles. The van der Waals surface area contributed by atoms with Gasteiger partial charge < -0.3 is 9.15 Å². The largest absolute Gasteiger partial charge is 0.489 e. The summed E-state index contributed by atoms with van der Waals surface area (Å²) >= 11 is 12.3. The van der Waals surface area contributed by atoms with Crippen molar-refractivity contribution in [1.82, 2.24) is 0 Å². The second kappa shape index (κ2) is 7.29. The molecule has 0 aliphatic rings. The molecule has 1 heterocycles. The quantitative estimate of drug-likeness (QED) is 0.552. The van der Waals surface area contributed by atoms with Gasteiger partial charge in [-0.2, -0.15) is 0 Å². The van der Waals surface area contributed by atoms with Gasteiger partial charge in [0.05, 0.1) is 0 Å². The Hall–Kier alpha value is -1.97. The topological polar surface area (TPSA) is 39.4 Å². The summed E-state index contributed by atoms with van der Waals surface area (Å²) in [5.41, 5.74) is 1.89. The predicted octanol–water partition coefficient (Wildman–Crippen LogP) is 5.63. The average molecular weight is 363 g/mol. The van der Waals surface area contributed by atoms with Crippen LogP contribution in [0.4, 0.5) is 0 Å². The fourth-order valence-electron chi connectivity index (χ4n) is 2.60. The molecule has 0 radical (unpaired) electrons. The number of ether oxygens (including phenoxy) is 1. The highest BCUT2D eigenvalue weighted by Gasteiger charge is 2.09. The molecule has 0 fully saturated rings. The van der Waals surface area contributed by atoms with Crippen LogP contribution in [0.5, 0.6) is 5.75 Å². The third-order valence-electron chi connectivity index (χ3n) is 3.77. The van der Waals surface area contributed by atoms with Gasteiger partial charge in [-0.05, 0) is 36.2 Å². The highest BCUT2D eigenvalue weighted by atomic mass is 35.5. The van der Waals surface area contributed by atoms with Gasteiger partial charge in [-0.3, -0.25) is 0 Å². The van der Waals surface area contributed by atoms with Crippen LogP contribution in [0.25, 0.3) is 11.0 Å². The van der Waals surface area contributed by atoms with Gasteiger partial charge in [0.1, 0.15) is 17.9 Å². The summed E-state index contributed by atoms with van der Waals surface area (Å²) in [7, 11) is 0. The molecule has 3 nitrogen and oxygen atoms in total. The van der Waals surface area contributed by atoms with Gasteiger partial charge in [-0.25, -0.2) is 4.79 Å². The molecule has 0 spiro atoms. The van der Waals surface area contributed by atoms with Crippen LogP contribution in [-0.4, -0.2) is 0 Å². The van der Waals surface area contributed by atoms with Gasteiger partial charge in [0.2, 0.25) is 0 Å². The molecule has 0 aliphatic carbocycles. The van der Waals surface area contributed by atoms with Crippen LogP contribution in [0.15, 0.2) is 51.7 Å². The predicted molar refractivity (Wildman–Crippen MR) is 97.3 cm³/mol. The summed E-state index contributed by atoms with van der Waals surface area (Å²) in [5, 5.41) is 2.04. The van der Waals surface area contributed by atoms with Crippen molar-refractivity contribution in [3.8, 4) is 5.75 Å². The van der Waals surface area contributed by atoms with Crippen molar-refractivity contribution in [2.75, 3.05) is 0 Å². The Morgan fingerprint density at radius 3 is 2.54 bits per heavy atom. The monoisotopic (exact) mass is 362 g/mol. The van der Waals surface area contributed by atoms with E-state index in [0.717, 1.165) is 29.4 Å². The van der Waals surface area contributed by atoms with Crippen LogP contribution in [0.2, 0.25) is 10.0 Å². The first-order chi connectivity index (χ1) is 11.6. The summed E-state index contributed by atoms with van der Waals surface area (Å²) in [6.07, 6.45) is 1.79. The van der Waals surface area contributed by atoms with Gasteiger partial charge in [-0.15, -0.1) is 0 Å². The van der Waals surface area contributed by atoms with Crippen LogP contribution >= 0.6 is 23.2 Å². The van der Waals surface area contributed by atoms with E-state index >= 15 is 0 Å². The van der Waals surface area contributed by atoms with Crippen molar-refractivity contribution in [3.05, 3.63) is 74.1 Å². The van der Waals surface area contributed by atoms with Crippen molar-refractivity contribution in [3.63, 3.8) is 0 Å². The SMILES string of the molecule is CCCc1cc(=O)oc2cc(OCc3c(Cl)cccc3Cl)ccc12. The lowest BCUT2D eigenvalue weighted by molar-refractivity contribution is 0.306. The minimum absolute atomic E-state index is 0.239. The molecular weight excluding hydrogens is 347 g/mol. The minimum atomic E-state index is -0.350. The third-order valence-corrected chi connectivity index (χ3v) is 4.47. The smallest absolute Gasteiger partial charge is 0.336 e. The van der Waals surface area contributed by atoms with Crippen LogP contribution in [0, 0.1) is 0 Å². The van der Waals surface area contributed by atoms with E-state index in [0.29, 0.717) is 21.4 Å². The zero-order chi connectivity index (χ0) is 17.1. The molecule has 2 aromatic carbocycles. The van der Waals surface area contributed by atoms with Crippen LogP contribution in [0.1, 0.15) is 24.5 Å². The fourth-order valence-corrected chi connectivity index (χ4v) is 3.11. The second-order valence-electron chi connectivity index (χ2n) is 5.49. The average Bonchev–Trinajstić information content (AvgIpc) is 2.54. The van der Waals surface area contributed by atoms with Gasteiger partial charge in [0, 0.05) is 33.1 Å². The van der Waals surface area contributed by atoms with E-state index in [2.05, 4.69) is 6.92 Å². The Bertz CT molecular complexity index is 911. The Kier molecular flexibility index (Phi) is 5.12. The number of halogens is 2. The lowest BCUT2D eigenvalue weighted by Crippen LogP contribution is -2.01. The molecule has 0 saturated heterocycles. The lowest BCUT2D eigenvalue weighted by atomic mass is 10.1. The summed E-state index contributed by atoms with van der Waals surface area (Å²) in [6.45, 7) is 2.31. The van der Waals surface area contributed by atoms with Crippen LogP contribution in [-0.2, 0) is 13.0 Å². The normalized spacial score (nSPS) is 11.0. The zero-order valence-electron chi connectivity index (χ0n) is 13.1. The lowest BCUT2D eigenvalue weighted by Gasteiger charge is -2.10. The van der Waals surface area contributed by atoms with E-state index in [4.69, 9.17) is 32.4 Å². The first-order valence-electron chi connectivity index (χ1n) is 7.71. The molecule has 5 heteroatoms. The summed E-state index contributed by atoms with van der Waals surface area (Å²) in [5.74, 6) is 0.593. The molecule has 0 aliphatic heterocycles. The molecule has 0 amide bonds. The van der Waals surface area contributed by atoms with Crippen LogP contribution in [0.3, 0.4) is 0 Å². The molecule has 0 unspecified atom stereocenters. The summed E-state index contributed by atoms with van der Waals surface area (Å²) in [6, 6.07) is 12.4. The molecule has 24 heavy (non-hydrogen) atoms. The highest BCUT2D eigenvalue weighted by molar-refractivity contribution is 6.35. The number of hydrogen-bond donors (Lipinski definition) is 0. The Morgan fingerprint density at radius 1 is 1.08 bits per heavy atom. The number of aryl methyl sites for hydroxylation is 1. The highest BCUT2D eigenvalue weighted by Crippen LogP contribution is 2.28. The molecule has 0 atom stereocenters. The Balaban J connectivity index is 1.90. The molecule has 3 aromatic rings.